The van der Waals surface area contributed by atoms with Crippen LogP contribution in [0.25, 0.3) is 27.9 Å². The molecule has 5 nitrogen and oxygen atoms in total. The van der Waals surface area contributed by atoms with Crippen LogP contribution in [0.15, 0.2) is 36.4 Å². The molecule has 5 heteroatoms. The number of esters is 1. The van der Waals surface area contributed by atoms with Crippen molar-refractivity contribution < 1.29 is 19.1 Å². The van der Waals surface area contributed by atoms with E-state index in [1.165, 1.54) is 19.3 Å². The summed E-state index contributed by atoms with van der Waals surface area (Å²) >= 11 is 0. The van der Waals surface area contributed by atoms with E-state index in [-0.39, 0.29) is 6.61 Å². The number of hydrogen-bond donors (Lipinski definition) is 0. The van der Waals surface area contributed by atoms with Gasteiger partial charge in [0.1, 0.15) is 11.4 Å². The fraction of sp³-hybridized carbons (Fsp3) is 0.407. The fourth-order valence-electron chi connectivity index (χ4n) is 4.40. The smallest absolute Gasteiger partial charge is 0.379 e. The topological polar surface area (TPSA) is 57.5 Å². The van der Waals surface area contributed by atoms with Crippen molar-refractivity contribution in [2.45, 2.75) is 65.5 Å². The van der Waals surface area contributed by atoms with Crippen LogP contribution in [-0.2, 0) is 16.1 Å². The molecule has 0 saturated heterocycles. The zero-order chi connectivity index (χ0) is 22.9. The molecule has 1 aromatic heterocycles. The van der Waals surface area contributed by atoms with Crippen LogP contribution < -0.4 is 4.74 Å². The van der Waals surface area contributed by atoms with Crippen LogP contribution in [0, 0.1) is 0 Å². The Morgan fingerprint density at radius 2 is 1.81 bits per heavy atom. The monoisotopic (exact) mass is 433 g/mol. The zero-order valence-corrected chi connectivity index (χ0v) is 19.4. The number of ketones is 1. The molecular formula is C27H31NO4. The highest BCUT2D eigenvalue weighted by atomic mass is 16.5. The van der Waals surface area contributed by atoms with Crippen LogP contribution >= 0.6 is 0 Å². The van der Waals surface area contributed by atoms with Crippen molar-refractivity contribution in [1.82, 2.24) is 4.57 Å². The highest BCUT2D eigenvalue weighted by Crippen LogP contribution is 2.42. The van der Waals surface area contributed by atoms with Gasteiger partial charge in [-0.3, -0.25) is 4.79 Å². The molecule has 0 atom stereocenters. The maximum absolute atomic E-state index is 12.6. The first-order chi connectivity index (χ1) is 15.4. The molecule has 4 rings (SSSR count). The molecule has 0 bridgehead atoms. The largest absolute Gasteiger partial charge is 0.482 e. The molecule has 0 N–H and O–H groups in total. The average Bonchev–Trinajstić information content (AvgIpc) is 3.09. The Morgan fingerprint density at radius 3 is 2.56 bits per heavy atom. The van der Waals surface area contributed by atoms with Gasteiger partial charge in [0.2, 0.25) is 0 Å². The predicted octanol–water partition coefficient (Wildman–Crippen LogP) is 6.30. The molecule has 0 fully saturated rings. The maximum atomic E-state index is 12.6. The Hall–Kier alpha value is -3.08. The Morgan fingerprint density at radius 1 is 1.03 bits per heavy atom. The van der Waals surface area contributed by atoms with Gasteiger partial charge in [-0.05, 0) is 63.6 Å². The average molecular weight is 434 g/mol. The summed E-state index contributed by atoms with van der Waals surface area (Å²) in [4.78, 5) is 24.7. The summed E-state index contributed by atoms with van der Waals surface area (Å²) in [5.41, 5.74) is 3.06. The Balaban J connectivity index is 1.91. The minimum Gasteiger partial charge on any atom is -0.482 e. The highest BCUT2D eigenvalue weighted by Gasteiger charge is 2.27. The van der Waals surface area contributed by atoms with Gasteiger partial charge in [-0.25, -0.2) is 4.79 Å². The van der Waals surface area contributed by atoms with Crippen LogP contribution in [0.2, 0.25) is 0 Å². The van der Waals surface area contributed by atoms with Crippen molar-refractivity contribution in [2.75, 3.05) is 6.61 Å². The van der Waals surface area contributed by atoms with Gasteiger partial charge >= 0.3 is 5.97 Å². The number of Topliss-reactive ketones (excluding diaryl/α,β-unsaturated/α-hetero) is 1. The van der Waals surface area contributed by atoms with Crippen molar-refractivity contribution in [2.24, 2.45) is 0 Å². The summed E-state index contributed by atoms with van der Waals surface area (Å²) < 4.78 is 13.6. The van der Waals surface area contributed by atoms with Crippen molar-refractivity contribution in [3.8, 4) is 5.75 Å². The van der Waals surface area contributed by atoms with Gasteiger partial charge in [-0.15, -0.1) is 0 Å². The molecule has 0 saturated carbocycles. The number of ether oxygens (including phenoxy) is 2. The standard InChI is InChI=1S/C27H31NO4/c1-5-7-8-9-16-28-21-12-11-19(24(29)26(30)31-6-2)17-20(21)23-22(28)13-10-18-14-15-27(3,4)32-25(18)23/h10-15,17H,5-9,16H2,1-4H3. The molecule has 3 aromatic rings. The molecule has 0 aliphatic carbocycles. The molecule has 2 aromatic carbocycles. The molecular weight excluding hydrogens is 402 g/mol. The number of hydrogen-bond acceptors (Lipinski definition) is 4. The number of fused-ring (bicyclic) bond motifs is 5. The van der Waals surface area contributed by atoms with Gasteiger partial charge in [0.05, 0.1) is 17.5 Å². The minimum absolute atomic E-state index is 0.173. The number of unbranched alkanes of at least 4 members (excludes halogenated alkanes) is 3. The number of carbonyl (C=O) groups is 2. The fourth-order valence-corrected chi connectivity index (χ4v) is 4.40. The molecule has 0 radical (unpaired) electrons. The molecule has 0 unspecified atom stereocenters. The van der Waals surface area contributed by atoms with E-state index in [0.29, 0.717) is 5.56 Å². The Labute approximate surface area is 189 Å². The second-order valence-electron chi connectivity index (χ2n) is 8.91. The molecule has 0 spiro atoms. The van der Waals surface area contributed by atoms with E-state index in [2.05, 4.69) is 35.8 Å². The number of aryl methyl sites for hydroxylation is 1. The molecule has 2 heterocycles. The lowest BCUT2D eigenvalue weighted by atomic mass is 9.99. The van der Waals surface area contributed by atoms with Crippen LogP contribution in [-0.4, -0.2) is 28.5 Å². The summed E-state index contributed by atoms with van der Waals surface area (Å²) in [6.07, 6.45) is 8.81. The van der Waals surface area contributed by atoms with Crippen molar-refractivity contribution in [3.63, 3.8) is 0 Å². The van der Waals surface area contributed by atoms with E-state index in [1.807, 2.05) is 26.0 Å². The molecule has 0 amide bonds. The van der Waals surface area contributed by atoms with E-state index in [1.54, 1.807) is 13.0 Å². The summed E-state index contributed by atoms with van der Waals surface area (Å²) in [5, 5.41) is 1.91. The number of aromatic nitrogens is 1. The first-order valence-electron chi connectivity index (χ1n) is 11.5. The van der Waals surface area contributed by atoms with Gasteiger partial charge in [-0.1, -0.05) is 32.3 Å². The van der Waals surface area contributed by atoms with E-state index in [4.69, 9.17) is 9.47 Å². The van der Waals surface area contributed by atoms with E-state index in [0.717, 1.165) is 46.1 Å². The first-order valence-corrected chi connectivity index (χ1v) is 11.5. The van der Waals surface area contributed by atoms with Crippen LogP contribution in [0.5, 0.6) is 5.75 Å². The third-order valence-electron chi connectivity index (χ3n) is 6.00. The quantitative estimate of drug-likeness (QED) is 0.181. The summed E-state index contributed by atoms with van der Waals surface area (Å²) in [6.45, 7) is 9.03. The first kappa shape index (κ1) is 22.1. The summed E-state index contributed by atoms with van der Waals surface area (Å²) in [5.74, 6) is -0.617. The highest BCUT2D eigenvalue weighted by molar-refractivity contribution is 6.41. The van der Waals surface area contributed by atoms with E-state index >= 15 is 0 Å². The molecule has 1 aliphatic heterocycles. The second-order valence-corrected chi connectivity index (χ2v) is 8.91. The minimum atomic E-state index is -0.822. The lowest BCUT2D eigenvalue weighted by Gasteiger charge is -2.28. The van der Waals surface area contributed by atoms with Crippen LogP contribution in [0.3, 0.4) is 0 Å². The number of nitrogens with zero attached hydrogens (tertiary/aromatic N) is 1. The summed E-state index contributed by atoms with van der Waals surface area (Å²) in [6, 6.07) is 9.70. The van der Waals surface area contributed by atoms with Crippen molar-refractivity contribution in [1.29, 1.82) is 0 Å². The summed E-state index contributed by atoms with van der Waals surface area (Å²) in [7, 11) is 0. The number of benzene rings is 2. The Kier molecular flexibility index (Phi) is 6.09. The van der Waals surface area contributed by atoms with E-state index < -0.39 is 17.4 Å². The third kappa shape index (κ3) is 4.04. The normalized spacial score (nSPS) is 14.4. The molecule has 1 aliphatic rings. The van der Waals surface area contributed by atoms with Gasteiger partial charge < -0.3 is 14.0 Å². The Bertz CT molecular complexity index is 1220. The third-order valence-corrected chi connectivity index (χ3v) is 6.00. The van der Waals surface area contributed by atoms with Crippen molar-refractivity contribution >= 4 is 39.6 Å². The van der Waals surface area contributed by atoms with Gasteiger partial charge in [0, 0.05) is 28.6 Å². The molecule has 168 valence electrons. The van der Waals surface area contributed by atoms with Gasteiger partial charge in [0.25, 0.3) is 5.78 Å². The lowest BCUT2D eigenvalue weighted by Crippen LogP contribution is -2.27. The van der Waals surface area contributed by atoms with Crippen LogP contribution in [0.1, 0.15) is 69.3 Å². The maximum Gasteiger partial charge on any atom is 0.379 e. The van der Waals surface area contributed by atoms with Gasteiger partial charge in [0.15, 0.2) is 0 Å². The zero-order valence-electron chi connectivity index (χ0n) is 19.4. The SMILES string of the molecule is CCCCCCn1c2ccc(C(=O)C(=O)OCC)cc2c2c3c(ccc21)C=CC(C)(C)O3. The van der Waals surface area contributed by atoms with Crippen molar-refractivity contribution in [3.05, 3.63) is 47.5 Å². The number of rotatable bonds is 8. The lowest BCUT2D eigenvalue weighted by molar-refractivity contribution is -0.137. The molecule has 32 heavy (non-hydrogen) atoms. The predicted molar refractivity (Wildman–Crippen MR) is 128 cm³/mol. The second kappa shape index (κ2) is 8.81. The van der Waals surface area contributed by atoms with E-state index in [9.17, 15) is 9.59 Å². The van der Waals surface area contributed by atoms with Gasteiger partial charge in [-0.2, -0.15) is 0 Å². The number of carbonyl (C=O) groups excluding carboxylic acids is 2. The van der Waals surface area contributed by atoms with Crippen LogP contribution in [0.4, 0.5) is 0 Å².